The van der Waals surface area contributed by atoms with Gasteiger partial charge in [0.15, 0.2) is 0 Å². The summed E-state index contributed by atoms with van der Waals surface area (Å²) >= 11 is 1.85. The van der Waals surface area contributed by atoms with Gasteiger partial charge in [-0.1, -0.05) is 0 Å². The molecule has 0 aromatic carbocycles. The normalized spacial score (nSPS) is 43.3. The van der Waals surface area contributed by atoms with Gasteiger partial charge in [-0.25, -0.2) is 0 Å². The fraction of sp³-hybridized carbons (Fsp3) is 0.750. The number of aryl methyl sites for hydroxylation is 1. The van der Waals surface area contributed by atoms with Gasteiger partial charge in [-0.2, -0.15) is 0 Å². The predicted octanol–water partition coefficient (Wildman–Crippen LogP) is 4.13. The predicted molar refractivity (Wildman–Crippen MR) is 76.5 cm³/mol. The van der Waals surface area contributed by atoms with Crippen molar-refractivity contribution < 1.29 is 0 Å². The Morgan fingerprint density at radius 2 is 1.72 bits per heavy atom. The van der Waals surface area contributed by atoms with Crippen molar-refractivity contribution in [1.29, 1.82) is 0 Å². The summed E-state index contributed by atoms with van der Waals surface area (Å²) in [7, 11) is 0. The zero-order valence-electron chi connectivity index (χ0n) is 11.1. The molecular formula is C16H23NS. The van der Waals surface area contributed by atoms with Crippen LogP contribution in [-0.2, 0) is 0 Å². The molecule has 4 saturated carbocycles. The first-order valence-corrected chi connectivity index (χ1v) is 8.40. The molecule has 1 aromatic rings. The second kappa shape index (κ2) is 4.08. The molecule has 1 unspecified atom stereocenters. The summed E-state index contributed by atoms with van der Waals surface area (Å²) in [4.78, 5) is 1.44. The molecular weight excluding hydrogens is 238 g/mol. The van der Waals surface area contributed by atoms with Crippen molar-refractivity contribution in [3.8, 4) is 0 Å². The maximum atomic E-state index is 6.67. The first kappa shape index (κ1) is 11.5. The molecule has 0 amide bonds. The van der Waals surface area contributed by atoms with E-state index in [1.54, 1.807) is 0 Å². The van der Waals surface area contributed by atoms with E-state index in [2.05, 4.69) is 18.4 Å². The van der Waals surface area contributed by atoms with Crippen LogP contribution < -0.4 is 5.73 Å². The molecule has 1 heterocycles. The summed E-state index contributed by atoms with van der Waals surface area (Å²) in [6.07, 6.45) is 7.46. The molecule has 1 aromatic heterocycles. The highest BCUT2D eigenvalue weighted by Gasteiger charge is 2.50. The lowest BCUT2D eigenvalue weighted by molar-refractivity contribution is -0.0471. The highest BCUT2D eigenvalue weighted by Crippen LogP contribution is 2.59. The van der Waals surface area contributed by atoms with E-state index in [0.717, 1.165) is 29.6 Å². The number of hydrogen-bond donors (Lipinski definition) is 1. The van der Waals surface area contributed by atoms with Gasteiger partial charge >= 0.3 is 0 Å². The largest absolute Gasteiger partial charge is 0.324 e. The van der Waals surface area contributed by atoms with Gasteiger partial charge in [0.05, 0.1) is 0 Å². The molecule has 4 bridgehead atoms. The van der Waals surface area contributed by atoms with E-state index < -0.39 is 0 Å². The Morgan fingerprint density at radius 1 is 1.11 bits per heavy atom. The van der Waals surface area contributed by atoms with Crippen LogP contribution in [-0.4, -0.2) is 0 Å². The van der Waals surface area contributed by atoms with E-state index in [-0.39, 0.29) is 0 Å². The van der Waals surface area contributed by atoms with Gasteiger partial charge in [-0.05, 0) is 85.6 Å². The first-order chi connectivity index (χ1) is 8.72. The van der Waals surface area contributed by atoms with Crippen molar-refractivity contribution in [3.05, 3.63) is 21.9 Å². The van der Waals surface area contributed by atoms with E-state index in [4.69, 9.17) is 5.73 Å². The Morgan fingerprint density at radius 3 is 2.22 bits per heavy atom. The van der Waals surface area contributed by atoms with E-state index in [1.807, 2.05) is 11.3 Å². The van der Waals surface area contributed by atoms with Crippen LogP contribution in [0.5, 0.6) is 0 Å². The summed E-state index contributed by atoms with van der Waals surface area (Å²) < 4.78 is 0. The van der Waals surface area contributed by atoms with E-state index in [0.29, 0.717) is 6.04 Å². The van der Waals surface area contributed by atoms with Gasteiger partial charge in [0.25, 0.3) is 0 Å². The molecule has 1 atom stereocenters. The highest BCUT2D eigenvalue weighted by molar-refractivity contribution is 7.10. The van der Waals surface area contributed by atoms with Crippen molar-refractivity contribution in [3.63, 3.8) is 0 Å². The molecule has 0 radical (unpaired) electrons. The van der Waals surface area contributed by atoms with Gasteiger partial charge < -0.3 is 5.73 Å². The third-order valence-electron chi connectivity index (χ3n) is 5.97. The molecule has 2 heteroatoms. The number of hydrogen-bond acceptors (Lipinski definition) is 2. The minimum absolute atomic E-state index is 0.311. The lowest BCUT2D eigenvalue weighted by atomic mass is 9.50. The summed E-state index contributed by atoms with van der Waals surface area (Å²) in [5.41, 5.74) is 8.11. The Bertz CT molecular complexity index is 422. The fourth-order valence-corrected chi connectivity index (χ4v) is 6.26. The van der Waals surface area contributed by atoms with Crippen molar-refractivity contribution in [2.24, 2.45) is 35.3 Å². The van der Waals surface area contributed by atoms with Gasteiger partial charge in [-0.3, -0.25) is 0 Å². The van der Waals surface area contributed by atoms with Crippen LogP contribution in [0.1, 0.15) is 48.6 Å². The molecule has 98 valence electrons. The zero-order valence-corrected chi connectivity index (χ0v) is 12.0. The maximum absolute atomic E-state index is 6.67. The Hall–Kier alpha value is -0.340. The summed E-state index contributed by atoms with van der Waals surface area (Å²) in [5, 5.41) is 2.21. The SMILES string of the molecule is Cc1sccc1C(N)C1C2CC3CC(C2)CC1C3. The minimum Gasteiger partial charge on any atom is -0.324 e. The maximum Gasteiger partial charge on any atom is 0.0339 e. The van der Waals surface area contributed by atoms with Crippen LogP contribution >= 0.6 is 11.3 Å². The van der Waals surface area contributed by atoms with Crippen molar-refractivity contribution in [2.45, 2.75) is 45.1 Å². The average Bonchev–Trinajstić information content (AvgIpc) is 2.73. The molecule has 4 aliphatic carbocycles. The lowest BCUT2D eigenvalue weighted by Gasteiger charge is -2.56. The monoisotopic (exact) mass is 261 g/mol. The second-order valence-electron chi connectivity index (χ2n) is 6.97. The quantitative estimate of drug-likeness (QED) is 0.851. The van der Waals surface area contributed by atoms with Crippen LogP contribution in [0.25, 0.3) is 0 Å². The van der Waals surface area contributed by atoms with Gasteiger partial charge in [0.2, 0.25) is 0 Å². The average molecular weight is 261 g/mol. The second-order valence-corrected chi connectivity index (χ2v) is 8.09. The Labute approximate surface area is 114 Å². The molecule has 0 saturated heterocycles. The zero-order chi connectivity index (χ0) is 12.3. The van der Waals surface area contributed by atoms with Crippen molar-refractivity contribution >= 4 is 11.3 Å². The number of nitrogens with two attached hydrogens (primary N) is 1. The van der Waals surface area contributed by atoms with Crippen LogP contribution in [0.2, 0.25) is 0 Å². The van der Waals surface area contributed by atoms with Crippen molar-refractivity contribution in [2.75, 3.05) is 0 Å². The topological polar surface area (TPSA) is 26.0 Å². The third-order valence-corrected chi connectivity index (χ3v) is 6.83. The fourth-order valence-electron chi connectivity index (χ4n) is 5.50. The molecule has 4 aliphatic rings. The van der Waals surface area contributed by atoms with Crippen LogP contribution in [0.4, 0.5) is 0 Å². The van der Waals surface area contributed by atoms with Gasteiger partial charge in [0.1, 0.15) is 0 Å². The molecule has 2 N–H and O–H groups in total. The van der Waals surface area contributed by atoms with Gasteiger partial charge in [0, 0.05) is 10.9 Å². The molecule has 5 rings (SSSR count). The minimum atomic E-state index is 0.311. The first-order valence-electron chi connectivity index (χ1n) is 7.52. The lowest BCUT2D eigenvalue weighted by Crippen LogP contribution is -2.48. The summed E-state index contributed by atoms with van der Waals surface area (Å²) in [6.45, 7) is 2.23. The van der Waals surface area contributed by atoms with E-state index in [1.165, 1.54) is 42.5 Å². The molecule has 1 nitrogen and oxygen atoms in total. The van der Waals surface area contributed by atoms with Crippen LogP contribution in [0.3, 0.4) is 0 Å². The Kier molecular flexibility index (Phi) is 2.60. The summed E-state index contributed by atoms with van der Waals surface area (Å²) in [6, 6.07) is 2.58. The molecule has 0 spiro atoms. The van der Waals surface area contributed by atoms with Crippen LogP contribution in [0, 0.1) is 36.5 Å². The van der Waals surface area contributed by atoms with E-state index >= 15 is 0 Å². The van der Waals surface area contributed by atoms with Crippen molar-refractivity contribution in [1.82, 2.24) is 0 Å². The van der Waals surface area contributed by atoms with E-state index in [9.17, 15) is 0 Å². The summed E-state index contributed by atoms with van der Waals surface area (Å²) in [5.74, 6) is 4.77. The number of rotatable bonds is 2. The Balaban J connectivity index is 1.63. The standard InChI is InChI=1S/C16H23NS/c1-9-14(2-3-18-9)16(17)15-12-5-10-4-11(7-12)8-13(15)6-10/h2-3,10-13,15-16H,4-8,17H2,1H3. The highest BCUT2D eigenvalue weighted by atomic mass is 32.1. The number of thiophene rings is 1. The third kappa shape index (κ3) is 1.61. The van der Waals surface area contributed by atoms with Crippen LogP contribution in [0.15, 0.2) is 11.4 Å². The molecule has 4 fully saturated rings. The molecule has 18 heavy (non-hydrogen) atoms. The van der Waals surface area contributed by atoms with Gasteiger partial charge in [-0.15, -0.1) is 11.3 Å². The molecule has 0 aliphatic heterocycles. The smallest absolute Gasteiger partial charge is 0.0339 e.